The Hall–Kier alpha value is -0.900. The average Bonchev–Trinajstić information content (AvgIpc) is 2.66. The summed E-state index contributed by atoms with van der Waals surface area (Å²) < 4.78 is 2.24. The van der Waals surface area contributed by atoms with Crippen molar-refractivity contribution in [1.82, 2.24) is 9.55 Å². The van der Waals surface area contributed by atoms with Crippen LogP contribution in [0, 0.1) is 5.41 Å². The van der Waals surface area contributed by atoms with Crippen molar-refractivity contribution in [2.75, 3.05) is 0 Å². The molecular weight excluding hydrogens is 230 g/mol. The summed E-state index contributed by atoms with van der Waals surface area (Å²) >= 11 is 5.07. The van der Waals surface area contributed by atoms with Crippen LogP contribution in [0.4, 0.5) is 0 Å². The number of imidazole rings is 1. The summed E-state index contributed by atoms with van der Waals surface area (Å²) in [6.45, 7) is 7.39. The van der Waals surface area contributed by atoms with E-state index in [1.165, 1.54) is 5.82 Å². The molecule has 0 aliphatic carbocycles. The van der Waals surface area contributed by atoms with Gasteiger partial charge < -0.3 is 10.3 Å². The summed E-state index contributed by atoms with van der Waals surface area (Å²) in [5.74, 6) is 1.18. The van der Waals surface area contributed by atoms with Crippen LogP contribution >= 0.6 is 12.2 Å². The maximum Gasteiger partial charge on any atom is 0.108 e. The quantitative estimate of drug-likeness (QED) is 0.760. The summed E-state index contributed by atoms with van der Waals surface area (Å²) in [6, 6.07) is 0. The van der Waals surface area contributed by atoms with E-state index in [1.54, 1.807) is 0 Å². The molecule has 2 N–H and O–H groups in total. The Bertz CT molecular complexity index is 368. The van der Waals surface area contributed by atoms with Crippen LogP contribution in [0.2, 0.25) is 0 Å². The van der Waals surface area contributed by atoms with Gasteiger partial charge in [-0.05, 0) is 19.3 Å². The fourth-order valence-electron chi connectivity index (χ4n) is 1.81. The van der Waals surface area contributed by atoms with Gasteiger partial charge in [0, 0.05) is 30.8 Å². The predicted molar refractivity (Wildman–Crippen MR) is 76.0 cm³/mol. The Labute approximate surface area is 109 Å². The minimum atomic E-state index is -0.0408. The molecule has 0 saturated heterocycles. The molecule has 0 spiro atoms. The fourth-order valence-corrected chi connectivity index (χ4v) is 1.91. The van der Waals surface area contributed by atoms with Crippen molar-refractivity contribution in [3.63, 3.8) is 0 Å². The van der Waals surface area contributed by atoms with Crippen LogP contribution in [0.5, 0.6) is 0 Å². The van der Waals surface area contributed by atoms with Gasteiger partial charge in [-0.15, -0.1) is 0 Å². The lowest BCUT2D eigenvalue weighted by atomic mass is 9.88. The van der Waals surface area contributed by atoms with Crippen LogP contribution in [0.15, 0.2) is 12.4 Å². The first-order chi connectivity index (χ1) is 7.97. The number of nitrogens with two attached hydrogens (primary N) is 1. The van der Waals surface area contributed by atoms with Crippen molar-refractivity contribution >= 4 is 17.2 Å². The molecule has 17 heavy (non-hydrogen) atoms. The van der Waals surface area contributed by atoms with Crippen LogP contribution in [-0.2, 0) is 13.0 Å². The van der Waals surface area contributed by atoms with Crippen LogP contribution in [0.1, 0.15) is 45.9 Å². The molecule has 1 heterocycles. The van der Waals surface area contributed by atoms with Gasteiger partial charge in [0.15, 0.2) is 0 Å². The highest BCUT2D eigenvalue weighted by Crippen LogP contribution is 2.23. The van der Waals surface area contributed by atoms with E-state index < -0.39 is 0 Å². The van der Waals surface area contributed by atoms with E-state index in [2.05, 4.69) is 36.5 Å². The number of rotatable bonds is 7. The van der Waals surface area contributed by atoms with Gasteiger partial charge in [-0.25, -0.2) is 4.98 Å². The van der Waals surface area contributed by atoms with E-state index in [9.17, 15) is 0 Å². The first-order valence-electron chi connectivity index (χ1n) is 6.27. The normalized spacial score (nSPS) is 11.7. The van der Waals surface area contributed by atoms with Crippen LogP contribution in [-0.4, -0.2) is 14.5 Å². The zero-order chi connectivity index (χ0) is 12.9. The van der Waals surface area contributed by atoms with Crippen molar-refractivity contribution in [2.45, 2.75) is 53.0 Å². The molecule has 0 aliphatic rings. The van der Waals surface area contributed by atoms with Gasteiger partial charge in [-0.1, -0.05) is 33.0 Å². The Morgan fingerprint density at radius 2 is 2.24 bits per heavy atom. The first-order valence-corrected chi connectivity index (χ1v) is 6.68. The lowest BCUT2D eigenvalue weighted by Gasteiger charge is -2.23. The first kappa shape index (κ1) is 14.2. The lowest BCUT2D eigenvalue weighted by molar-refractivity contribution is 0.433. The van der Waals surface area contributed by atoms with E-state index >= 15 is 0 Å². The van der Waals surface area contributed by atoms with Gasteiger partial charge in [-0.3, -0.25) is 0 Å². The second-order valence-electron chi connectivity index (χ2n) is 5.14. The van der Waals surface area contributed by atoms with Crippen LogP contribution < -0.4 is 5.73 Å². The van der Waals surface area contributed by atoms with Crippen molar-refractivity contribution in [1.29, 1.82) is 0 Å². The van der Waals surface area contributed by atoms with Crippen molar-refractivity contribution < 1.29 is 0 Å². The third-order valence-electron chi connectivity index (χ3n) is 3.14. The molecule has 96 valence electrons. The second-order valence-corrected chi connectivity index (χ2v) is 5.58. The fraction of sp³-hybridized carbons (Fsp3) is 0.692. The van der Waals surface area contributed by atoms with Gasteiger partial charge in [-0.2, -0.15) is 0 Å². The predicted octanol–water partition coefficient (Wildman–Crippen LogP) is 2.93. The molecule has 0 radical (unpaired) electrons. The number of nitrogens with zero attached hydrogens (tertiary/aromatic N) is 2. The minimum absolute atomic E-state index is 0.0408. The summed E-state index contributed by atoms with van der Waals surface area (Å²) in [5.41, 5.74) is 5.68. The Morgan fingerprint density at radius 1 is 1.53 bits per heavy atom. The van der Waals surface area contributed by atoms with E-state index in [4.69, 9.17) is 18.0 Å². The Balaban J connectivity index is 2.45. The molecule has 0 bridgehead atoms. The van der Waals surface area contributed by atoms with Crippen LogP contribution in [0.25, 0.3) is 0 Å². The largest absolute Gasteiger partial charge is 0.393 e. The number of thiocarbonyl (C=S) groups is 1. The van der Waals surface area contributed by atoms with E-state index in [-0.39, 0.29) is 5.41 Å². The number of aromatic nitrogens is 2. The zero-order valence-electron chi connectivity index (χ0n) is 11.1. The Morgan fingerprint density at radius 3 is 2.82 bits per heavy atom. The van der Waals surface area contributed by atoms with Gasteiger partial charge in [0.1, 0.15) is 5.82 Å². The summed E-state index contributed by atoms with van der Waals surface area (Å²) in [4.78, 5) is 4.98. The van der Waals surface area contributed by atoms with E-state index in [1.807, 2.05) is 6.20 Å². The zero-order valence-corrected chi connectivity index (χ0v) is 11.9. The van der Waals surface area contributed by atoms with E-state index in [0.29, 0.717) is 4.99 Å². The molecule has 0 aromatic carbocycles. The molecule has 0 atom stereocenters. The highest BCUT2D eigenvalue weighted by molar-refractivity contribution is 7.80. The van der Waals surface area contributed by atoms with Crippen molar-refractivity contribution in [2.24, 2.45) is 11.1 Å². The molecule has 1 aromatic heterocycles. The third kappa shape index (κ3) is 4.11. The average molecular weight is 253 g/mol. The molecule has 0 fully saturated rings. The SMILES string of the molecule is CCCc1nccn1CCCC(C)(C)C(N)=S. The maximum atomic E-state index is 5.72. The van der Waals surface area contributed by atoms with Gasteiger partial charge in [0.2, 0.25) is 0 Å². The molecule has 3 nitrogen and oxygen atoms in total. The Kier molecular flexibility index (Phi) is 5.12. The van der Waals surface area contributed by atoms with Crippen molar-refractivity contribution in [3.05, 3.63) is 18.2 Å². The summed E-state index contributed by atoms with van der Waals surface area (Å²) in [6.07, 6.45) is 8.22. The second kappa shape index (κ2) is 6.15. The molecule has 0 amide bonds. The molecule has 0 saturated carbocycles. The monoisotopic (exact) mass is 253 g/mol. The van der Waals surface area contributed by atoms with Gasteiger partial charge >= 0.3 is 0 Å². The smallest absolute Gasteiger partial charge is 0.108 e. The minimum Gasteiger partial charge on any atom is -0.393 e. The van der Waals surface area contributed by atoms with Crippen molar-refractivity contribution in [3.8, 4) is 0 Å². The summed E-state index contributed by atoms with van der Waals surface area (Å²) in [5, 5.41) is 0. The van der Waals surface area contributed by atoms with Crippen LogP contribution in [0.3, 0.4) is 0 Å². The van der Waals surface area contributed by atoms with Gasteiger partial charge in [0.25, 0.3) is 0 Å². The highest BCUT2D eigenvalue weighted by atomic mass is 32.1. The molecule has 0 unspecified atom stereocenters. The number of hydrogen-bond acceptors (Lipinski definition) is 2. The molecule has 1 rings (SSSR count). The highest BCUT2D eigenvalue weighted by Gasteiger charge is 2.20. The standard InChI is InChI=1S/C13H23N3S/c1-4-6-11-15-8-10-16(11)9-5-7-13(2,3)12(14)17/h8,10H,4-7,9H2,1-3H3,(H2,14,17). The van der Waals surface area contributed by atoms with Gasteiger partial charge in [0.05, 0.1) is 4.99 Å². The molecule has 0 aliphatic heterocycles. The molecule has 4 heteroatoms. The number of aryl methyl sites for hydroxylation is 2. The molecule has 1 aromatic rings. The maximum absolute atomic E-state index is 5.72. The summed E-state index contributed by atoms with van der Waals surface area (Å²) in [7, 11) is 0. The number of hydrogen-bond donors (Lipinski definition) is 1. The lowest BCUT2D eigenvalue weighted by Crippen LogP contribution is -2.29. The molecular formula is C13H23N3S. The van der Waals surface area contributed by atoms with E-state index in [0.717, 1.165) is 32.2 Å². The topological polar surface area (TPSA) is 43.8 Å². The third-order valence-corrected chi connectivity index (χ3v) is 3.70.